The van der Waals surface area contributed by atoms with Crippen LogP contribution in [-0.4, -0.2) is 31.8 Å². The Kier molecular flexibility index (Phi) is 5.41. The molecule has 0 saturated heterocycles. The van der Waals surface area contributed by atoms with E-state index in [9.17, 15) is 19.1 Å². The molecule has 2 aromatic rings. The van der Waals surface area contributed by atoms with Crippen molar-refractivity contribution in [3.8, 4) is 0 Å². The molecule has 1 aromatic heterocycles. The lowest BCUT2D eigenvalue weighted by Crippen LogP contribution is -2.39. The predicted octanol–water partition coefficient (Wildman–Crippen LogP) is 2.40. The van der Waals surface area contributed by atoms with Crippen molar-refractivity contribution in [3.63, 3.8) is 0 Å². The highest BCUT2D eigenvalue weighted by Gasteiger charge is 2.24. The molecule has 0 bridgehead atoms. The number of aromatic nitrogens is 1. The van der Waals surface area contributed by atoms with Crippen molar-refractivity contribution in [2.75, 3.05) is 5.75 Å². The molecule has 2 atom stereocenters. The summed E-state index contributed by atoms with van der Waals surface area (Å²) in [5, 5.41) is 13.9. The van der Waals surface area contributed by atoms with Gasteiger partial charge in [0.25, 0.3) is 11.6 Å². The first-order valence-electron chi connectivity index (χ1n) is 8.40. The van der Waals surface area contributed by atoms with Gasteiger partial charge in [-0.1, -0.05) is 19.1 Å². The maximum absolute atomic E-state index is 12.7. The van der Waals surface area contributed by atoms with Gasteiger partial charge in [-0.2, -0.15) is 0 Å². The number of carbonyl (C=O) groups is 1. The lowest BCUT2D eigenvalue weighted by molar-refractivity contribution is -0.385. The molecule has 0 spiro atoms. The topological polar surface area (TPSA) is 102 Å². The Morgan fingerprint density at radius 1 is 1.42 bits per heavy atom. The summed E-state index contributed by atoms with van der Waals surface area (Å²) in [6.45, 7) is 1.81. The number of hydrogen-bond acceptors (Lipinski definition) is 5. The summed E-state index contributed by atoms with van der Waals surface area (Å²) < 4.78 is 12.2. The first-order valence-corrected chi connectivity index (χ1v) is 9.72. The number of amides is 1. The third kappa shape index (κ3) is 3.80. The zero-order valence-corrected chi connectivity index (χ0v) is 15.1. The second kappa shape index (κ2) is 7.74. The van der Waals surface area contributed by atoms with Crippen LogP contribution >= 0.6 is 0 Å². The van der Waals surface area contributed by atoms with Crippen LogP contribution in [0.4, 0.5) is 5.69 Å². The fourth-order valence-electron chi connectivity index (χ4n) is 3.10. The molecule has 1 aromatic carbocycles. The number of nitro groups is 1. The van der Waals surface area contributed by atoms with Crippen molar-refractivity contribution < 1.29 is 13.9 Å². The van der Waals surface area contributed by atoms with Crippen molar-refractivity contribution in [3.05, 3.63) is 63.5 Å². The SMILES string of the molecule is CCS(=O)c1ccccc1C(=O)NC1CCc2ncc([N+](=O)[O-])cc2C1. The van der Waals surface area contributed by atoms with Crippen LogP contribution in [-0.2, 0) is 23.6 Å². The van der Waals surface area contributed by atoms with E-state index in [4.69, 9.17) is 0 Å². The van der Waals surface area contributed by atoms with E-state index in [0.29, 0.717) is 35.5 Å². The number of benzene rings is 1. The van der Waals surface area contributed by atoms with Crippen molar-refractivity contribution in [1.82, 2.24) is 10.3 Å². The summed E-state index contributed by atoms with van der Waals surface area (Å²) in [6, 6.07) is 8.28. The van der Waals surface area contributed by atoms with Gasteiger partial charge in [0.05, 0.1) is 26.2 Å². The average molecular weight is 373 g/mol. The second-order valence-electron chi connectivity index (χ2n) is 6.10. The zero-order chi connectivity index (χ0) is 18.7. The van der Waals surface area contributed by atoms with Gasteiger partial charge in [0, 0.05) is 23.6 Å². The zero-order valence-electron chi connectivity index (χ0n) is 14.3. The van der Waals surface area contributed by atoms with E-state index in [2.05, 4.69) is 10.3 Å². The van der Waals surface area contributed by atoms with Crippen molar-refractivity contribution >= 4 is 22.4 Å². The maximum atomic E-state index is 12.7. The van der Waals surface area contributed by atoms with Crippen LogP contribution in [0.15, 0.2) is 41.4 Å². The molecule has 1 aliphatic carbocycles. The minimum absolute atomic E-state index is 0.0422. The van der Waals surface area contributed by atoms with Crippen LogP contribution in [0.25, 0.3) is 0 Å². The minimum atomic E-state index is -1.22. The molecule has 1 aliphatic rings. The van der Waals surface area contributed by atoms with Gasteiger partial charge in [-0.3, -0.25) is 24.1 Å². The van der Waals surface area contributed by atoms with Gasteiger partial charge in [0.2, 0.25) is 0 Å². The molecule has 1 amide bonds. The standard InChI is InChI=1S/C18H19N3O4S/c1-2-26(25)17-6-4-3-5-15(17)18(22)20-13-7-8-16-12(9-13)10-14(11-19-16)21(23)24/h3-6,10-11,13H,2,7-9H2,1H3,(H,20,22). The van der Waals surface area contributed by atoms with Gasteiger partial charge in [0.15, 0.2) is 0 Å². The molecule has 1 heterocycles. The molecule has 3 rings (SSSR count). The molecule has 0 aliphatic heterocycles. The molecule has 0 fully saturated rings. The Hall–Kier alpha value is -2.61. The summed E-state index contributed by atoms with van der Waals surface area (Å²) in [5.41, 5.74) is 2.00. The van der Waals surface area contributed by atoms with Crippen LogP contribution < -0.4 is 5.32 Å². The van der Waals surface area contributed by atoms with Crippen molar-refractivity contribution in [2.45, 2.75) is 37.1 Å². The Labute approximate surface area is 153 Å². The third-order valence-electron chi connectivity index (χ3n) is 4.43. The Morgan fingerprint density at radius 2 is 2.19 bits per heavy atom. The summed E-state index contributed by atoms with van der Waals surface area (Å²) in [7, 11) is -1.22. The van der Waals surface area contributed by atoms with E-state index in [-0.39, 0.29) is 17.6 Å². The van der Waals surface area contributed by atoms with Crippen LogP contribution in [0.5, 0.6) is 0 Å². The molecular weight excluding hydrogens is 354 g/mol. The quantitative estimate of drug-likeness (QED) is 0.640. The largest absolute Gasteiger partial charge is 0.349 e. The number of nitrogens with one attached hydrogen (secondary N) is 1. The number of rotatable bonds is 5. The monoisotopic (exact) mass is 373 g/mol. The summed E-state index contributed by atoms with van der Waals surface area (Å²) in [5.74, 6) is 0.172. The molecule has 1 N–H and O–H groups in total. The Morgan fingerprint density at radius 3 is 2.92 bits per heavy atom. The van der Waals surface area contributed by atoms with Gasteiger partial charge in [0.1, 0.15) is 6.20 Å². The second-order valence-corrected chi connectivity index (χ2v) is 7.81. The number of nitrogens with zero attached hydrogens (tertiary/aromatic N) is 2. The lowest BCUT2D eigenvalue weighted by Gasteiger charge is -2.25. The summed E-state index contributed by atoms with van der Waals surface area (Å²) in [6.07, 6.45) is 3.13. The number of fused-ring (bicyclic) bond motifs is 1. The maximum Gasteiger partial charge on any atom is 0.287 e. The van der Waals surface area contributed by atoms with Crippen LogP contribution in [0.3, 0.4) is 0 Å². The van der Waals surface area contributed by atoms with E-state index in [0.717, 1.165) is 11.3 Å². The van der Waals surface area contributed by atoms with Crippen LogP contribution in [0.2, 0.25) is 0 Å². The van der Waals surface area contributed by atoms with E-state index in [1.165, 1.54) is 12.3 Å². The first-order chi connectivity index (χ1) is 12.5. The van der Waals surface area contributed by atoms with Gasteiger partial charge >= 0.3 is 0 Å². The first kappa shape index (κ1) is 18.2. The van der Waals surface area contributed by atoms with Gasteiger partial charge in [-0.05, 0) is 37.0 Å². The van der Waals surface area contributed by atoms with Crippen LogP contribution in [0, 0.1) is 10.1 Å². The average Bonchev–Trinajstić information content (AvgIpc) is 2.66. The molecule has 0 saturated carbocycles. The molecule has 8 heteroatoms. The highest BCUT2D eigenvalue weighted by Crippen LogP contribution is 2.24. The van der Waals surface area contributed by atoms with Gasteiger partial charge in [-0.15, -0.1) is 0 Å². The van der Waals surface area contributed by atoms with E-state index in [1.54, 1.807) is 24.3 Å². The van der Waals surface area contributed by atoms with Crippen LogP contribution in [0.1, 0.15) is 35.0 Å². The number of hydrogen-bond donors (Lipinski definition) is 1. The predicted molar refractivity (Wildman–Crippen MR) is 97.6 cm³/mol. The number of aryl methyl sites for hydroxylation is 1. The van der Waals surface area contributed by atoms with Crippen molar-refractivity contribution in [1.29, 1.82) is 0 Å². The number of pyridine rings is 1. The fourth-order valence-corrected chi connectivity index (χ4v) is 4.05. The molecule has 26 heavy (non-hydrogen) atoms. The molecule has 2 unspecified atom stereocenters. The Balaban J connectivity index is 1.77. The fraction of sp³-hybridized carbons (Fsp3) is 0.333. The normalized spacial score (nSPS) is 17.2. The van der Waals surface area contributed by atoms with E-state index < -0.39 is 15.7 Å². The van der Waals surface area contributed by atoms with Gasteiger partial charge < -0.3 is 5.32 Å². The molecule has 0 radical (unpaired) electrons. The molecule has 7 nitrogen and oxygen atoms in total. The third-order valence-corrected chi connectivity index (χ3v) is 5.80. The van der Waals surface area contributed by atoms with Crippen molar-refractivity contribution in [2.24, 2.45) is 0 Å². The molecular formula is C18H19N3O4S. The van der Waals surface area contributed by atoms with Gasteiger partial charge in [-0.25, -0.2) is 0 Å². The molecule has 136 valence electrons. The highest BCUT2D eigenvalue weighted by molar-refractivity contribution is 7.85. The van der Waals surface area contributed by atoms with E-state index >= 15 is 0 Å². The summed E-state index contributed by atoms with van der Waals surface area (Å²) >= 11 is 0. The lowest BCUT2D eigenvalue weighted by atomic mass is 9.91. The number of carbonyl (C=O) groups excluding carboxylic acids is 1. The minimum Gasteiger partial charge on any atom is -0.349 e. The Bertz CT molecular complexity index is 884. The highest BCUT2D eigenvalue weighted by atomic mass is 32.2. The summed E-state index contributed by atoms with van der Waals surface area (Å²) in [4.78, 5) is 27.8. The smallest absolute Gasteiger partial charge is 0.287 e. The van der Waals surface area contributed by atoms with E-state index in [1.807, 2.05) is 6.92 Å².